The molecule has 0 saturated carbocycles. The van der Waals surface area contributed by atoms with Gasteiger partial charge in [0.25, 0.3) is 3.79 Å². The van der Waals surface area contributed by atoms with Crippen molar-refractivity contribution in [2.75, 3.05) is 13.7 Å². The lowest BCUT2D eigenvalue weighted by Crippen LogP contribution is -2.28. The number of hydrogen-bond acceptors (Lipinski definition) is 3. The fraction of sp³-hybridized carbons (Fsp3) is 0.417. The van der Waals surface area contributed by atoms with Crippen LogP contribution in [0.25, 0.3) is 0 Å². The number of nitrogens with zero attached hydrogens (tertiary/aromatic N) is 1. The standard InChI is InChI=1S/C12H12Cl3NO2/c1-17-10-5-3-2-4-8(10)9-6-7-18-11(16-9)12(13,14)15/h2-5,9H,6-7H2,1H3. The lowest BCUT2D eigenvalue weighted by Gasteiger charge is -2.25. The first-order valence-corrected chi connectivity index (χ1v) is 6.56. The summed E-state index contributed by atoms with van der Waals surface area (Å²) in [6.45, 7) is 0.468. The molecule has 0 bridgehead atoms. The topological polar surface area (TPSA) is 30.8 Å². The van der Waals surface area contributed by atoms with E-state index in [9.17, 15) is 0 Å². The Bertz CT molecular complexity index is 457. The Morgan fingerprint density at radius 3 is 2.72 bits per heavy atom. The number of hydrogen-bond donors (Lipinski definition) is 0. The van der Waals surface area contributed by atoms with E-state index in [1.807, 2.05) is 24.3 Å². The maximum atomic E-state index is 5.78. The predicted octanol–water partition coefficient (Wildman–Crippen LogP) is 3.93. The van der Waals surface area contributed by atoms with Gasteiger partial charge in [-0.05, 0) is 6.07 Å². The Balaban J connectivity index is 2.33. The van der Waals surface area contributed by atoms with Crippen molar-refractivity contribution in [1.29, 1.82) is 0 Å². The van der Waals surface area contributed by atoms with Crippen molar-refractivity contribution in [2.24, 2.45) is 4.99 Å². The molecule has 0 radical (unpaired) electrons. The maximum Gasteiger partial charge on any atom is 0.266 e. The van der Waals surface area contributed by atoms with Gasteiger partial charge in [-0.3, -0.25) is 0 Å². The Morgan fingerprint density at radius 1 is 1.33 bits per heavy atom. The largest absolute Gasteiger partial charge is 0.496 e. The number of benzene rings is 1. The molecular weight excluding hydrogens is 296 g/mol. The molecule has 1 aromatic rings. The average molecular weight is 309 g/mol. The zero-order valence-corrected chi connectivity index (χ0v) is 12.0. The minimum absolute atomic E-state index is 0.111. The molecule has 1 heterocycles. The van der Waals surface area contributed by atoms with E-state index < -0.39 is 3.79 Å². The normalized spacial score (nSPS) is 20.0. The molecule has 0 fully saturated rings. The number of halogens is 3. The summed E-state index contributed by atoms with van der Waals surface area (Å²) in [5.41, 5.74) is 0.968. The fourth-order valence-corrected chi connectivity index (χ4v) is 2.14. The molecule has 0 N–H and O–H groups in total. The Labute approximate surface area is 121 Å². The number of alkyl halides is 3. The van der Waals surface area contributed by atoms with E-state index in [2.05, 4.69) is 4.99 Å². The number of para-hydroxylation sites is 1. The zero-order chi connectivity index (χ0) is 13.2. The van der Waals surface area contributed by atoms with Gasteiger partial charge in [-0.2, -0.15) is 0 Å². The molecule has 1 atom stereocenters. The van der Waals surface area contributed by atoms with E-state index in [1.54, 1.807) is 7.11 Å². The third-order valence-electron chi connectivity index (χ3n) is 2.64. The van der Waals surface area contributed by atoms with Crippen LogP contribution < -0.4 is 4.74 Å². The molecular formula is C12H12Cl3NO2. The van der Waals surface area contributed by atoms with Crippen LogP contribution in [0.1, 0.15) is 18.0 Å². The van der Waals surface area contributed by atoms with E-state index in [-0.39, 0.29) is 11.9 Å². The second kappa shape index (κ2) is 5.55. The molecule has 18 heavy (non-hydrogen) atoms. The molecule has 98 valence electrons. The van der Waals surface area contributed by atoms with E-state index >= 15 is 0 Å². The number of rotatable bonds is 2. The molecule has 1 aliphatic rings. The van der Waals surface area contributed by atoms with Crippen molar-refractivity contribution in [1.82, 2.24) is 0 Å². The van der Waals surface area contributed by atoms with Crippen molar-refractivity contribution < 1.29 is 9.47 Å². The molecule has 0 spiro atoms. The van der Waals surface area contributed by atoms with Gasteiger partial charge in [-0.25, -0.2) is 4.99 Å². The van der Waals surface area contributed by atoms with Crippen LogP contribution in [-0.4, -0.2) is 23.4 Å². The van der Waals surface area contributed by atoms with Gasteiger partial charge >= 0.3 is 0 Å². The summed E-state index contributed by atoms with van der Waals surface area (Å²) >= 11 is 17.3. The summed E-state index contributed by atoms with van der Waals surface area (Å²) in [6.07, 6.45) is 0.727. The second-order valence-electron chi connectivity index (χ2n) is 3.83. The monoisotopic (exact) mass is 307 g/mol. The predicted molar refractivity (Wildman–Crippen MR) is 74.0 cm³/mol. The van der Waals surface area contributed by atoms with Crippen LogP contribution in [0.2, 0.25) is 0 Å². The van der Waals surface area contributed by atoms with Gasteiger partial charge in [0.1, 0.15) is 5.75 Å². The second-order valence-corrected chi connectivity index (χ2v) is 6.11. The third-order valence-corrected chi connectivity index (χ3v) is 3.13. The first-order valence-electron chi connectivity index (χ1n) is 5.43. The first-order chi connectivity index (χ1) is 8.52. The smallest absolute Gasteiger partial charge is 0.266 e. The van der Waals surface area contributed by atoms with Crippen LogP contribution >= 0.6 is 34.8 Å². The van der Waals surface area contributed by atoms with Crippen LogP contribution in [0, 0.1) is 0 Å². The number of aliphatic imine (C=N–C) groups is 1. The average Bonchev–Trinajstić information content (AvgIpc) is 2.38. The van der Waals surface area contributed by atoms with Gasteiger partial charge in [0.15, 0.2) is 0 Å². The van der Waals surface area contributed by atoms with Crippen LogP contribution in [0.5, 0.6) is 5.75 Å². The minimum atomic E-state index is -1.62. The summed E-state index contributed by atoms with van der Waals surface area (Å²) in [5.74, 6) is 0.909. The van der Waals surface area contributed by atoms with Gasteiger partial charge in [-0.15, -0.1) is 0 Å². The van der Waals surface area contributed by atoms with Gasteiger partial charge in [0, 0.05) is 12.0 Å². The van der Waals surface area contributed by atoms with Crippen LogP contribution in [-0.2, 0) is 4.74 Å². The van der Waals surface area contributed by atoms with Gasteiger partial charge < -0.3 is 9.47 Å². The highest BCUT2D eigenvalue weighted by atomic mass is 35.6. The Kier molecular flexibility index (Phi) is 4.25. The third kappa shape index (κ3) is 3.02. The molecule has 1 aliphatic heterocycles. The number of methoxy groups -OCH3 is 1. The van der Waals surface area contributed by atoms with E-state index in [1.165, 1.54) is 0 Å². The Morgan fingerprint density at radius 2 is 2.06 bits per heavy atom. The summed E-state index contributed by atoms with van der Waals surface area (Å²) < 4.78 is 8.97. The summed E-state index contributed by atoms with van der Waals surface area (Å²) in [6, 6.07) is 7.56. The Hall–Kier alpha value is -0.640. The molecule has 0 aromatic heterocycles. The van der Waals surface area contributed by atoms with Crippen molar-refractivity contribution in [3.05, 3.63) is 29.8 Å². The van der Waals surface area contributed by atoms with Crippen molar-refractivity contribution in [3.63, 3.8) is 0 Å². The van der Waals surface area contributed by atoms with Gasteiger partial charge in [-0.1, -0.05) is 53.0 Å². The lowest BCUT2D eigenvalue weighted by atomic mass is 10.0. The van der Waals surface area contributed by atoms with E-state index in [0.29, 0.717) is 6.61 Å². The quantitative estimate of drug-likeness (QED) is 0.775. The van der Waals surface area contributed by atoms with E-state index in [0.717, 1.165) is 17.7 Å². The van der Waals surface area contributed by atoms with Gasteiger partial charge in [0.2, 0.25) is 5.90 Å². The molecule has 0 saturated heterocycles. The maximum absolute atomic E-state index is 5.78. The van der Waals surface area contributed by atoms with Crippen LogP contribution in [0.4, 0.5) is 0 Å². The van der Waals surface area contributed by atoms with Crippen LogP contribution in [0.3, 0.4) is 0 Å². The van der Waals surface area contributed by atoms with Crippen molar-refractivity contribution in [3.8, 4) is 5.75 Å². The van der Waals surface area contributed by atoms with Crippen LogP contribution in [0.15, 0.2) is 29.3 Å². The first kappa shape index (κ1) is 13.8. The van der Waals surface area contributed by atoms with Crippen molar-refractivity contribution in [2.45, 2.75) is 16.3 Å². The van der Waals surface area contributed by atoms with Gasteiger partial charge in [0.05, 0.1) is 19.8 Å². The zero-order valence-electron chi connectivity index (χ0n) is 9.70. The van der Waals surface area contributed by atoms with E-state index in [4.69, 9.17) is 44.3 Å². The minimum Gasteiger partial charge on any atom is -0.496 e. The molecule has 3 nitrogen and oxygen atoms in total. The SMILES string of the molecule is COc1ccccc1C1CCOC(C(Cl)(Cl)Cl)=N1. The molecule has 0 amide bonds. The fourth-order valence-electron chi connectivity index (χ4n) is 1.83. The highest BCUT2D eigenvalue weighted by molar-refractivity contribution is 6.76. The molecule has 2 rings (SSSR count). The number of ether oxygens (including phenoxy) is 2. The summed E-state index contributed by atoms with van der Waals surface area (Å²) in [4.78, 5) is 4.35. The summed E-state index contributed by atoms with van der Waals surface area (Å²) in [7, 11) is 1.62. The lowest BCUT2D eigenvalue weighted by molar-refractivity contribution is 0.253. The van der Waals surface area contributed by atoms with Crippen molar-refractivity contribution >= 4 is 40.7 Å². The molecule has 6 heteroatoms. The molecule has 1 aromatic carbocycles. The highest BCUT2D eigenvalue weighted by Gasteiger charge is 2.34. The highest BCUT2D eigenvalue weighted by Crippen LogP contribution is 2.36. The molecule has 0 aliphatic carbocycles. The summed E-state index contributed by atoms with van der Waals surface area (Å²) in [5, 5.41) is 0. The molecule has 1 unspecified atom stereocenters.